The lowest BCUT2D eigenvalue weighted by molar-refractivity contribution is -0.132. The smallest absolute Gasteiger partial charge is 0.236 e. The molecule has 140 valence electrons. The lowest BCUT2D eigenvalue weighted by Crippen LogP contribution is -2.44. The number of benzene rings is 2. The molecule has 2 aromatic rings. The Morgan fingerprint density at radius 2 is 1.77 bits per heavy atom. The normalized spacial score (nSPS) is 20.9. The quantitative estimate of drug-likeness (QED) is 0.819. The molecule has 2 aromatic carbocycles. The second-order valence-corrected chi connectivity index (χ2v) is 7.94. The molecule has 0 bridgehead atoms. The van der Waals surface area contributed by atoms with Gasteiger partial charge in [-0.05, 0) is 52.8 Å². The van der Waals surface area contributed by atoms with E-state index in [1.165, 1.54) is 11.8 Å². The van der Waals surface area contributed by atoms with Gasteiger partial charge in [0.05, 0.1) is 13.7 Å². The SMILES string of the molecule is COc1ccc2cc(CN(C)C(=O)CN3C[C@@H](C)C[C@H](C)C3)ccc2c1. The zero-order valence-corrected chi connectivity index (χ0v) is 16.4. The number of piperidine rings is 1. The van der Waals surface area contributed by atoms with Crippen LogP contribution in [0.2, 0.25) is 0 Å². The van der Waals surface area contributed by atoms with Crippen molar-refractivity contribution in [3.05, 3.63) is 42.0 Å². The second-order valence-electron chi connectivity index (χ2n) is 7.94. The number of methoxy groups -OCH3 is 1. The molecule has 1 aliphatic rings. The average Bonchev–Trinajstić information content (AvgIpc) is 2.60. The van der Waals surface area contributed by atoms with Gasteiger partial charge in [0.25, 0.3) is 0 Å². The molecule has 26 heavy (non-hydrogen) atoms. The van der Waals surface area contributed by atoms with Crippen LogP contribution in [0.1, 0.15) is 25.8 Å². The van der Waals surface area contributed by atoms with Crippen molar-refractivity contribution in [1.82, 2.24) is 9.80 Å². The van der Waals surface area contributed by atoms with Crippen LogP contribution in [0.3, 0.4) is 0 Å². The van der Waals surface area contributed by atoms with E-state index in [4.69, 9.17) is 4.74 Å². The van der Waals surface area contributed by atoms with Gasteiger partial charge in [-0.1, -0.05) is 32.0 Å². The van der Waals surface area contributed by atoms with E-state index >= 15 is 0 Å². The predicted molar refractivity (Wildman–Crippen MR) is 106 cm³/mol. The minimum atomic E-state index is 0.195. The van der Waals surface area contributed by atoms with Gasteiger partial charge in [-0.3, -0.25) is 9.69 Å². The fourth-order valence-corrected chi connectivity index (χ4v) is 4.09. The highest BCUT2D eigenvalue weighted by molar-refractivity contribution is 5.84. The van der Waals surface area contributed by atoms with Gasteiger partial charge in [-0.15, -0.1) is 0 Å². The first-order valence-corrected chi connectivity index (χ1v) is 9.47. The van der Waals surface area contributed by atoms with Crippen LogP contribution in [0.4, 0.5) is 0 Å². The monoisotopic (exact) mass is 354 g/mol. The Morgan fingerprint density at radius 3 is 2.46 bits per heavy atom. The van der Waals surface area contributed by atoms with Gasteiger partial charge in [-0.25, -0.2) is 0 Å². The fraction of sp³-hybridized carbons (Fsp3) is 0.500. The third-order valence-electron chi connectivity index (χ3n) is 5.26. The van der Waals surface area contributed by atoms with Gasteiger partial charge in [0.1, 0.15) is 5.75 Å². The van der Waals surface area contributed by atoms with E-state index in [9.17, 15) is 4.79 Å². The minimum Gasteiger partial charge on any atom is -0.497 e. The summed E-state index contributed by atoms with van der Waals surface area (Å²) < 4.78 is 5.28. The molecule has 1 fully saturated rings. The molecule has 0 spiro atoms. The Balaban J connectivity index is 1.62. The summed E-state index contributed by atoms with van der Waals surface area (Å²) in [6.45, 7) is 7.78. The van der Waals surface area contributed by atoms with Gasteiger partial charge in [-0.2, -0.15) is 0 Å². The molecule has 1 heterocycles. The van der Waals surface area contributed by atoms with E-state index in [1.54, 1.807) is 7.11 Å². The summed E-state index contributed by atoms with van der Waals surface area (Å²) in [5.41, 5.74) is 1.15. The summed E-state index contributed by atoms with van der Waals surface area (Å²) >= 11 is 0. The Kier molecular flexibility index (Phi) is 5.82. The van der Waals surface area contributed by atoms with E-state index in [-0.39, 0.29) is 5.91 Å². The number of ether oxygens (including phenoxy) is 1. The number of hydrogen-bond donors (Lipinski definition) is 0. The van der Waals surface area contributed by atoms with E-state index in [0.717, 1.165) is 29.8 Å². The number of nitrogens with zero attached hydrogens (tertiary/aromatic N) is 2. The van der Waals surface area contributed by atoms with Crippen molar-refractivity contribution >= 4 is 16.7 Å². The van der Waals surface area contributed by atoms with Gasteiger partial charge in [0.2, 0.25) is 5.91 Å². The van der Waals surface area contributed by atoms with Gasteiger partial charge in [0.15, 0.2) is 0 Å². The van der Waals surface area contributed by atoms with Crippen molar-refractivity contribution in [2.75, 3.05) is 33.8 Å². The van der Waals surface area contributed by atoms with Crippen LogP contribution in [0, 0.1) is 11.8 Å². The third kappa shape index (κ3) is 4.55. The van der Waals surface area contributed by atoms with Crippen molar-refractivity contribution in [2.24, 2.45) is 11.8 Å². The van der Waals surface area contributed by atoms with E-state index in [2.05, 4.69) is 43.0 Å². The first-order chi connectivity index (χ1) is 12.4. The maximum Gasteiger partial charge on any atom is 0.236 e. The molecule has 1 aliphatic heterocycles. The Morgan fingerprint density at radius 1 is 1.12 bits per heavy atom. The van der Waals surface area contributed by atoms with Gasteiger partial charge in [0, 0.05) is 26.7 Å². The maximum absolute atomic E-state index is 12.6. The van der Waals surface area contributed by atoms with Crippen molar-refractivity contribution in [3.8, 4) is 5.75 Å². The Labute approximate surface area is 156 Å². The molecular formula is C22H30N2O2. The van der Waals surface area contributed by atoms with Crippen LogP contribution in [0.15, 0.2) is 36.4 Å². The molecule has 0 aromatic heterocycles. The second kappa shape index (κ2) is 8.09. The molecule has 4 heteroatoms. The molecule has 2 atom stereocenters. The van der Waals surface area contributed by atoms with Gasteiger partial charge >= 0.3 is 0 Å². The number of amides is 1. The summed E-state index contributed by atoms with van der Waals surface area (Å²) in [5, 5.41) is 2.32. The predicted octanol–water partition coefficient (Wildman–Crippen LogP) is 3.78. The van der Waals surface area contributed by atoms with E-state index < -0.39 is 0 Å². The third-order valence-corrected chi connectivity index (χ3v) is 5.26. The fourth-order valence-electron chi connectivity index (χ4n) is 4.09. The highest BCUT2D eigenvalue weighted by atomic mass is 16.5. The number of rotatable bonds is 5. The molecule has 0 N–H and O–H groups in total. The maximum atomic E-state index is 12.6. The topological polar surface area (TPSA) is 32.8 Å². The number of carbonyl (C=O) groups excluding carboxylic acids is 1. The van der Waals surface area contributed by atoms with Crippen molar-refractivity contribution < 1.29 is 9.53 Å². The Hall–Kier alpha value is -2.07. The molecule has 1 amide bonds. The number of likely N-dealkylation sites (tertiary alicyclic amines) is 1. The molecule has 0 aliphatic carbocycles. The van der Waals surface area contributed by atoms with Crippen LogP contribution < -0.4 is 4.74 Å². The highest BCUT2D eigenvalue weighted by Crippen LogP contribution is 2.23. The molecular weight excluding hydrogens is 324 g/mol. The van der Waals surface area contributed by atoms with Crippen LogP contribution in [-0.2, 0) is 11.3 Å². The van der Waals surface area contributed by atoms with Crippen LogP contribution in [0.5, 0.6) is 5.75 Å². The molecule has 3 rings (SSSR count). The van der Waals surface area contributed by atoms with Crippen molar-refractivity contribution in [1.29, 1.82) is 0 Å². The lowest BCUT2D eigenvalue weighted by Gasteiger charge is -2.35. The standard InChI is InChI=1S/C22H30N2O2/c1-16-9-17(2)13-24(12-16)15-22(25)23(3)14-18-5-6-20-11-21(26-4)8-7-19(20)10-18/h5-8,10-11,16-17H,9,12-15H2,1-4H3/t16-,17-/m0/s1. The number of hydrogen-bond acceptors (Lipinski definition) is 3. The molecule has 0 unspecified atom stereocenters. The molecule has 1 saturated heterocycles. The van der Waals surface area contributed by atoms with Crippen molar-refractivity contribution in [2.45, 2.75) is 26.8 Å². The van der Waals surface area contributed by atoms with Crippen molar-refractivity contribution in [3.63, 3.8) is 0 Å². The van der Waals surface area contributed by atoms with E-state index in [0.29, 0.717) is 24.9 Å². The summed E-state index contributed by atoms with van der Waals surface area (Å²) in [4.78, 5) is 16.8. The summed E-state index contributed by atoms with van der Waals surface area (Å²) in [6.07, 6.45) is 1.27. The average molecular weight is 354 g/mol. The number of carbonyl (C=O) groups is 1. The molecule has 4 nitrogen and oxygen atoms in total. The largest absolute Gasteiger partial charge is 0.497 e. The van der Waals surface area contributed by atoms with Gasteiger partial charge < -0.3 is 9.64 Å². The first-order valence-electron chi connectivity index (χ1n) is 9.47. The highest BCUT2D eigenvalue weighted by Gasteiger charge is 2.24. The molecule has 0 radical (unpaired) electrons. The van der Waals surface area contributed by atoms with E-state index in [1.807, 2.05) is 24.1 Å². The summed E-state index contributed by atoms with van der Waals surface area (Å²) in [6, 6.07) is 12.4. The number of likely N-dealkylation sites (N-methyl/N-ethyl adjacent to an activating group) is 1. The first kappa shape index (κ1) is 18.7. The zero-order valence-electron chi connectivity index (χ0n) is 16.4. The molecule has 0 saturated carbocycles. The summed E-state index contributed by atoms with van der Waals surface area (Å²) in [7, 11) is 3.58. The lowest BCUT2D eigenvalue weighted by atomic mass is 9.92. The summed E-state index contributed by atoms with van der Waals surface area (Å²) in [5.74, 6) is 2.41. The number of fused-ring (bicyclic) bond motifs is 1. The van der Waals surface area contributed by atoms with Crippen LogP contribution >= 0.6 is 0 Å². The van der Waals surface area contributed by atoms with Crippen LogP contribution in [-0.4, -0.2) is 49.5 Å². The van der Waals surface area contributed by atoms with Crippen LogP contribution in [0.25, 0.3) is 10.8 Å². The zero-order chi connectivity index (χ0) is 18.7. The minimum absolute atomic E-state index is 0.195. The Bertz CT molecular complexity index is 764.